The molecule has 3 nitrogen and oxygen atoms in total. The SMILES string of the molecule is CC(C)(C)c1ccc(N2B3c4cc5oc6ccccc6c5cc4-n4c5cc6c(cc5c5c7c(c(c3c54)-c3cc4c(cc32)-c2cc3c(cc2C4(C)C)C(C)(C)CCC3(C)C)C(C)(C)c2ccccc2-7)C(C)(C)CCC6(C)C)cc1. The largest absolute Gasteiger partial charge is 0.456 e. The lowest BCUT2D eigenvalue weighted by Gasteiger charge is -2.44. The smallest absolute Gasteiger partial charge is 0.333 e. The fraction of sp³-hybridized carbons (Fsp3) is 0.351. The summed E-state index contributed by atoms with van der Waals surface area (Å²) in [5.74, 6) is 0. The summed E-state index contributed by atoms with van der Waals surface area (Å²) in [4.78, 5) is 2.79. The average molecular weight is 1020 g/mol. The van der Waals surface area contributed by atoms with Gasteiger partial charge in [-0.3, -0.25) is 0 Å². The third-order valence-corrected chi connectivity index (χ3v) is 21.6. The summed E-state index contributed by atoms with van der Waals surface area (Å²) in [5.41, 5.74) is 32.3. The second-order valence-corrected chi connectivity index (χ2v) is 29.8. The van der Waals surface area contributed by atoms with Crippen molar-refractivity contribution in [2.24, 2.45) is 0 Å². The number of fused-ring (bicyclic) bond motifs is 21. The van der Waals surface area contributed by atoms with Crippen molar-refractivity contribution >= 4 is 72.9 Å². The second-order valence-electron chi connectivity index (χ2n) is 29.8. The zero-order valence-corrected chi connectivity index (χ0v) is 48.8. The van der Waals surface area contributed by atoms with Crippen molar-refractivity contribution in [1.29, 1.82) is 0 Å². The molecular formula is C74H73BN2O. The van der Waals surface area contributed by atoms with Crippen LogP contribution in [-0.2, 0) is 37.9 Å². The van der Waals surface area contributed by atoms with Crippen molar-refractivity contribution in [2.75, 3.05) is 4.81 Å². The van der Waals surface area contributed by atoms with Crippen molar-refractivity contribution in [2.45, 2.75) is 167 Å². The molecule has 0 N–H and O–H groups in total. The number of rotatable bonds is 1. The number of para-hydroxylation sites is 1. The topological polar surface area (TPSA) is 21.3 Å². The van der Waals surface area contributed by atoms with Crippen molar-refractivity contribution < 1.29 is 4.42 Å². The van der Waals surface area contributed by atoms with Gasteiger partial charge in [0.25, 0.3) is 0 Å². The van der Waals surface area contributed by atoms with Gasteiger partial charge < -0.3 is 13.8 Å². The maximum absolute atomic E-state index is 7.00. The van der Waals surface area contributed by atoms with Gasteiger partial charge in [-0.2, -0.15) is 0 Å². The van der Waals surface area contributed by atoms with Crippen molar-refractivity contribution in [3.63, 3.8) is 0 Å². The molecule has 6 aliphatic rings. The molecule has 0 unspecified atom stereocenters. The molecule has 0 atom stereocenters. The zero-order valence-electron chi connectivity index (χ0n) is 48.8. The van der Waals surface area contributed by atoms with Crippen LogP contribution in [0.3, 0.4) is 0 Å². The van der Waals surface area contributed by atoms with E-state index >= 15 is 0 Å². The number of hydrogen-bond acceptors (Lipinski definition) is 2. The Kier molecular flexibility index (Phi) is 8.68. The van der Waals surface area contributed by atoms with E-state index in [1.54, 1.807) is 0 Å². The summed E-state index contributed by atoms with van der Waals surface area (Å²) < 4.78 is 9.76. The third-order valence-electron chi connectivity index (χ3n) is 21.6. The Bertz CT molecular complexity index is 4420. The lowest BCUT2D eigenvalue weighted by molar-refractivity contribution is 0.331. The molecule has 0 bridgehead atoms. The highest BCUT2D eigenvalue weighted by molar-refractivity contribution is 6.94. The first-order valence-corrected chi connectivity index (χ1v) is 29.4. The first-order valence-electron chi connectivity index (χ1n) is 29.4. The first kappa shape index (κ1) is 47.2. The minimum absolute atomic E-state index is 0.00338. The standard InChI is InChI=1S/C74H73BN2O/c1-68(2,3)40-24-26-41(27-25-40)77-58-35-45-44-32-52-54(71(8,9)30-28-69(52,4)5)37-51(44)73(12,13)50(45)33-48(58)64-65-62(43-21-16-18-22-49(43)74(65,14)15)63-47-34-53-55(72(10,11)31-29-70(53,6)7)38-57(47)76-59-36-46-42-20-17-19-23-60(42)78-61(46)39-56(59)75(77)66(64)67(63)76/h16-27,32-39H,28-31H2,1-15H3. The van der Waals surface area contributed by atoms with E-state index in [1.165, 1.54) is 158 Å². The molecule has 2 aromatic heterocycles. The fourth-order valence-electron chi connectivity index (χ4n) is 16.8. The van der Waals surface area contributed by atoms with Gasteiger partial charge in [-0.05, 0) is 202 Å². The van der Waals surface area contributed by atoms with Crippen LogP contribution in [0.5, 0.6) is 0 Å². The molecule has 16 rings (SSSR count). The molecule has 0 saturated heterocycles. The number of aromatic nitrogens is 1. The Hall–Kier alpha value is -6.78. The van der Waals surface area contributed by atoms with Gasteiger partial charge in [-0.25, -0.2) is 0 Å². The summed E-state index contributed by atoms with van der Waals surface area (Å²) in [6.45, 7) is 36.8. The lowest BCUT2D eigenvalue weighted by Crippen LogP contribution is -2.61. The number of nitrogens with zero attached hydrogens (tertiary/aromatic N) is 2. The van der Waals surface area contributed by atoms with E-state index < -0.39 is 0 Å². The van der Waals surface area contributed by atoms with E-state index in [0.29, 0.717) is 0 Å². The lowest BCUT2D eigenvalue weighted by atomic mass is 9.43. The normalized spacial score (nSPS) is 19.6. The number of benzene rings is 8. The molecule has 388 valence electrons. The van der Waals surface area contributed by atoms with Crippen molar-refractivity contribution in [1.82, 2.24) is 4.57 Å². The molecule has 2 aliphatic heterocycles. The molecule has 78 heavy (non-hydrogen) atoms. The van der Waals surface area contributed by atoms with Gasteiger partial charge in [-0.1, -0.05) is 165 Å². The van der Waals surface area contributed by atoms with Gasteiger partial charge in [0.2, 0.25) is 0 Å². The summed E-state index contributed by atoms with van der Waals surface area (Å²) in [5, 5.41) is 5.10. The molecule has 4 heteroatoms. The molecule has 8 aromatic carbocycles. The van der Waals surface area contributed by atoms with Crippen LogP contribution < -0.4 is 15.7 Å². The van der Waals surface area contributed by atoms with E-state index in [2.05, 4.69) is 235 Å². The van der Waals surface area contributed by atoms with Crippen LogP contribution in [0.4, 0.5) is 11.4 Å². The third kappa shape index (κ3) is 5.73. The summed E-state index contributed by atoms with van der Waals surface area (Å²) in [6.07, 6.45) is 4.71. The van der Waals surface area contributed by atoms with Gasteiger partial charge >= 0.3 is 6.85 Å². The van der Waals surface area contributed by atoms with Crippen molar-refractivity contribution in [3.05, 3.63) is 171 Å². The minimum atomic E-state index is -0.301. The molecule has 0 spiro atoms. The minimum Gasteiger partial charge on any atom is -0.456 e. The Morgan fingerprint density at radius 3 is 1.74 bits per heavy atom. The molecule has 0 saturated carbocycles. The Morgan fingerprint density at radius 1 is 0.462 bits per heavy atom. The van der Waals surface area contributed by atoms with E-state index in [9.17, 15) is 0 Å². The van der Waals surface area contributed by atoms with E-state index in [4.69, 9.17) is 4.42 Å². The second kappa shape index (κ2) is 14.3. The van der Waals surface area contributed by atoms with Crippen LogP contribution in [-0.4, -0.2) is 11.4 Å². The first-order chi connectivity index (χ1) is 36.8. The van der Waals surface area contributed by atoms with Crippen LogP contribution in [0.15, 0.2) is 126 Å². The van der Waals surface area contributed by atoms with Gasteiger partial charge in [0.05, 0.1) is 11.0 Å². The summed E-state index contributed by atoms with van der Waals surface area (Å²) in [7, 11) is 0. The number of hydrogen-bond donors (Lipinski definition) is 0. The Labute approximate surface area is 462 Å². The van der Waals surface area contributed by atoms with Crippen LogP contribution >= 0.6 is 0 Å². The van der Waals surface area contributed by atoms with E-state index in [1.807, 2.05) is 0 Å². The highest BCUT2D eigenvalue weighted by Gasteiger charge is 2.52. The van der Waals surface area contributed by atoms with Gasteiger partial charge in [0.1, 0.15) is 11.2 Å². The monoisotopic (exact) mass is 1020 g/mol. The number of furan rings is 1. The fourth-order valence-corrected chi connectivity index (χ4v) is 16.8. The Morgan fingerprint density at radius 2 is 1.05 bits per heavy atom. The average Bonchev–Trinajstić information content (AvgIpc) is 1.93. The van der Waals surface area contributed by atoms with Crippen molar-refractivity contribution in [3.8, 4) is 39.1 Å². The van der Waals surface area contributed by atoms with Crippen LogP contribution in [0, 0.1) is 0 Å². The van der Waals surface area contributed by atoms with Gasteiger partial charge in [0.15, 0.2) is 0 Å². The molecule has 0 amide bonds. The molecule has 10 aromatic rings. The van der Waals surface area contributed by atoms with E-state index in [-0.39, 0.29) is 44.8 Å². The van der Waals surface area contributed by atoms with E-state index in [0.717, 1.165) is 23.0 Å². The van der Waals surface area contributed by atoms with Crippen LogP contribution in [0.25, 0.3) is 82.8 Å². The molecule has 0 radical (unpaired) electrons. The predicted molar refractivity (Wildman–Crippen MR) is 331 cm³/mol. The molecule has 0 fully saturated rings. The molecule has 4 heterocycles. The highest BCUT2D eigenvalue weighted by Crippen LogP contribution is 2.63. The molecular weight excluding hydrogens is 944 g/mol. The summed E-state index contributed by atoms with van der Waals surface area (Å²) in [6, 6.07) is 48.8. The molecule has 4 aliphatic carbocycles. The quantitative estimate of drug-likeness (QED) is 0.153. The van der Waals surface area contributed by atoms with Gasteiger partial charge in [-0.15, -0.1) is 0 Å². The highest BCUT2D eigenvalue weighted by atomic mass is 16.3. The van der Waals surface area contributed by atoms with Crippen LogP contribution in [0.2, 0.25) is 0 Å². The maximum Gasteiger partial charge on any atom is 0.333 e. The van der Waals surface area contributed by atoms with Gasteiger partial charge in [0, 0.05) is 55.0 Å². The summed E-state index contributed by atoms with van der Waals surface area (Å²) >= 11 is 0. The Balaban J connectivity index is 1.13. The van der Waals surface area contributed by atoms with Crippen LogP contribution in [0.1, 0.15) is 180 Å². The zero-order chi connectivity index (χ0) is 54.1. The predicted octanol–water partition coefficient (Wildman–Crippen LogP) is 18.5. The number of anilines is 2. The maximum atomic E-state index is 7.00.